The number of benzene rings is 1. The highest BCUT2D eigenvalue weighted by molar-refractivity contribution is 7.22. The number of anilines is 1. The van der Waals surface area contributed by atoms with E-state index in [1.54, 1.807) is 11.3 Å². The quantitative estimate of drug-likeness (QED) is 0.826. The third kappa shape index (κ3) is 3.33. The van der Waals surface area contributed by atoms with Gasteiger partial charge in [0.1, 0.15) is 0 Å². The number of rotatable bonds is 4. The zero-order valence-corrected chi connectivity index (χ0v) is 14.8. The lowest BCUT2D eigenvalue weighted by molar-refractivity contribution is -0.123. The predicted molar refractivity (Wildman–Crippen MR) is 97.5 cm³/mol. The maximum Gasteiger partial charge on any atom is 0.231 e. The van der Waals surface area contributed by atoms with E-state index in [9.17, 15) is 4.79 Å². The average Bonchev–Trinajstić information content (AvgIpc) is 3.29. The monoisotopic (exact) mass is 344 g/mol. The maximum atomic E-state index is 13.2. The van der Waals surface area contributed by atoms with Crippen molar-refractivity contribution in [3.8, 4) is 0 Å². The molecule has 2 aromatic rings. The van der Waals surface area contributed by atoms with E-state index in [-0.39, 0.29) is 17.9 Å². The third-order valence-corrected chi connectivity index (χ3v) is 6.20. The van der Waals surface area contributed by atoms with Gasteiger partial charge in [-0.2, -0.15) is 0 Å². The molecule has 128 valence electrons. The number of carbonyl (C=O) groups is 1. The molecule has 0 unspecified atom stereocenters. The number of aromatic nitrogens is 1. The van der Waals surface area contributed by atoms with E-state index in [0.717, 1.165) is 47.6 Å². The first-order valence-corrected chi connectivity index (χ1v) is 9.91. The molecule has 1 saturated carbocycles. The standard InChI is InChI=1S/C19H24N2O2S/c22-18(14-7-2-1-3-8-14)21(13-15-9-6-12-23-15)19-20-16-10-4-5-11-17(16)24-19/h4-5,10-11,14-15H,1-3,6-9,12-13H2/t15-/m1/s1. The third-order valence-electron chi connectivity index (χ3n) is 5.14. The molecule has 0 bridgehead atoms. The number of fused-ring (bicyclic) bond motifs is 1. The molecule has 4 nitrogen and oxygen atoms in total. The molecule has 1 amide bonds. The zero-order chi connectivity index (χ0) is 16.4. The van der Waals surface area contributed by atoms with Crippen LogP contribution in [0, 0.1) is 5.92 Å². The molecule has 2 aliphatic rings. The van der Waals surface area contributed by atoms with Crippen LogP contribution >= 0.6 is 11.3 Å². The van der Waals surface area contributed by atoms with Gasteiger partial charge >= 0.3 is 0 Å². The van der Waals surface area contributed by atoms with Gasteiger partial charge in [-0.3, -0.25) is 9.69 Å². The molecule has 0 radical (unpaired) electrons. The SMILES string of the molecule is O=C(C1CCCCC1)N(C[C@H]1CCCO1)c1nc2ccccc2s1. The number of hydrogen-bond donors (Lipinski definition) is 0. The minimum atomic E-state index is 0.157. The van der Waals surface area contributed by atoms with Crippen LogP contribution in [0.15, 0.2) is 24.3 Å². The molecule has 1 aliphatic carbocycles. The van der Waals surface area contributed by atoms with Crippen LogP contribution in [0.4, 0.5) is 5.13 Å². The normalized spacial score (nSPS) is 22.1. The average molecular weight is 344 g/mol. The summed E-state index contributed by atoms with van der Waals surface area (Å²) in [5, 5.41) is 0.835. The molecular weight excluding hydrogens is 320 g/mol. The number of hydrogen-bond acceptors (Lipinski definition) is 4. The summed E-state index contributed by atoms with van der Waals surface area (Å²) in [5.41, 5.74) is 0.978. The lowest BCUT2D eigenvalue weighted by atomic mass is 9.88. The summed E-state index contributed by atoms with van der Waals surface area (Å²) in [6, 6.07) is 8.12. The van der Waals surface area contributed by atoms with Crippen LogP contribution in [0.25, 0.3) is 10.2 Å². The minimum Gasteiger partial charge on any atom is -0.376 e. The molecule has 1 saturated heterocycles. The molecule has 2 fully saturated rings. The van der Waals surface area contributed by atoms with Crippen LogP contribution in [0.1, 0.15) is 44.9 Å². The lowest BCUT2D eigenvalue weighted by Gasteiger charge is -2.29. The van der Waals surface area contributed by atoms with E-state index in [1.807, 2.05) is 23.1 Å². The van der Waals surface area contributed by atoms with Crippen molar-refractivity contribution in [3.63, 3.8) is 0 Å². The van der Waals surface area contributed by atoms with E-state index in [4.69, 9.17) is 9.72 Å². The second kappa shape index (κ2) is 7.19. The van der Waals surface area contributed by atoms with Crippen molar-refractivity contribution < 1.29 is 9.53 Å². The Bertz CT molecular complexity index is 669. The molecule has 24 heavy (non-hydrogen) atoms. The number of thiazole rings is 1. The zero-order valence-electron chi connectivity index (χ0n) is 13.9. The maximum absolute atomic E-state index is 13.2. The topological polar surface area (TPSA) is 42.4 Å². The molecule has 1 aromatic carbocycles. The highest BCUT2D eigenvalue weighted by atomic mass is 32.1. The van der Waals surface area contributed by atoms with Gasteiger partial charge in [0.15, 0.2) is 5.13 Å². The Hall–Kier alpha value is -1.46. The molecule has 1 aliphatic heterocycles. The summed E-state index contributed by atoms with van der Waals surface area (Å²) in [6.45, 7) is 1.46. The molecule has 1 atom stereocenters. The predicted octanol–water partition coefficient (Wildman–Crippen LogP) is 4.39. The summed E-state index contributed by atoms with van der Waals surface area (Å²) in [5.74, 6) is 0.413. The first kappa shape index (κ1) is 16.0. The molecule has 5 heteroatoms. The van der Waals surface area contributed by atoms with Crippen LogP contribution in [0.2, 0.25) is 0 Å². The Balaban J connectivity index is 1.61. The second-order valence-corrected chi connectivity index (χ2v) is 7.89. The van der Waals surface area contributed by atoms with Crippen LogP contribution in [-0.4, -0.2) is 30.1 Å². The first-order chi connectivity index (χ1) is 11.8. The highest BCUT2D eigenvalue weighted by Crippen LogP contribution is 2.33. The van der Waals surface area contributed by atoms with Crippen LogP contribution < -0.4 is 4.90 Å². The Kier molecular flexibility index (Phi) is 4.81. The number of para-hydroxylation sites is 1. The Labute approximate surface area is 146 Å². The van der Waals surface area contributed by atoms with Gasteiger partial charge in [0.2, 0.25) is 5.91 Å². The van der Waals surface area contributed by atoms with E-state index < -0.39 is 0 Å². The number of carbonyl (C=O) groups excluding carboxylic acids is 1. The van der Waals surface area contributed by atoms with Crippen molar-refractivity contribution in [2.24, 2.45) is 5.92 Å². The number of nitrogens with zero attached hydrogens (tertiary/aromatic N) is 2. The van der Waals surface area contributed by atoms with Gasteiger partial charge in [0, 0.05) is 12.5 Å². The summed E-state index contributed by atoms with van der Waals surface area (Å²) >= 11 is 1.62. The van der Waals surface area contributed by atoms with E-state index in [0.29, 0.717) is 6.54 Å². The summed E-state index contributed by atoms with van der Waals surface area (Å²) in [4.78, 5) is 19.9. The van der Waals surface area contributed by atoms with Crippen molar-refractivity contribution in [1.82, 2.24) is 4.98 Å². The van der Waals surface area contributed by atoms with Crippen LogP contribution in [0.3, 0.4) is 0 Å². The van der Waals surface area contributed by atoms with E-state index in [2.05, 4.69) is 6.07 Å². The van der Waals surface area contributed by atoms with Crippen molar-refractivity contribution in [2.75, 3.05) is 18.1 Å². The second-order valence-electron chi connectivity index (χ2n) is 6.88. The van der Waals surface area contributed by atoms with Gasteiger partial charge in [-0.1, -0.05) is 42.7 Å². The largest absolute Gasteiger partial charge is 0.376 e. The number of amides is 1. The summed E-state index contributed by atoms with van der Waals surface area (Å²) in [6.07, 6.45) is 7.93. The van der Waals surface area contributed by atoms with Gasteiger partial charge in [-0.05, 0) is 37.8 Å². The van der Waals surface area contributed by atoms with Gasteiger partial charge in [0.25, 0.3) is 0 Å². The molecular formula is C19H24N2O2S. The van der Waals surface area contributed by atoms with Gasteiger partial charge in [-0.15, -0.1) is 0 Å². The Morgan fingerprint density at radius 2 is 2.00 bits per heavy atom. The van der Waals surface area contributed by atoms with Crippen LogP contribution in [-0.2, 0) is 9.53 Å². The van der Waals surface area contributed by atoms with Gasteiger partial charge < -0.3 is 4.74 Å². The van der Waals surface area contributed by atoms with E-state index in [1.165, 1.54) is 19.3 Å². The smallest absolute Gasteiger partial charge is 0.231 e. The Morgan fingerprint density at radius 1 is 1.17 bits per heavy atom. The summed E-state index contributed by atoms with van der Waals surface area (Å²) in [7, 11) is 0. The first-order valence-electron chi connectivity index (χ1n) is 9.10. The highest BCUT2D eigenvalue weighted by Gasteiger charge is 2.31. The van der Waals surface area contributed by atoms with Crippen LogP contribution in [0.5, 0.6) is 0 Å². The molecule has 0 N–H and O–H groups in total. The van der Waals surface area contributed by atoms with Gasteiger partial charge in [-0.25, -0.2) is 4.98 Å². The Morgan fingerprint density at radius 3 is 2.75 bits per heavy atom. The minimum absolute atomic E-state index is 0.157. The van der Waals surface area contributed by atoms with E-state index >= 15 is 0 Å². The van der Waals surface area contributed by atoms with Crippen molar-refractivity contribution in [2.45, 2.75) is 51.0 Å². The fourth-order valence-corrected chi connectivity index (χ4v) is 4.78. The van der Waals surface area contributed by atoms with Crippen molar-refractivity contribution in [1.29, 1.82) is 0 Å². The van der Waals surface area contributed by atoms with Crippen molar-refractivity contribution in [3.05, 3.63) is 24.3 Å². The molecule has 1 aromatic heterocycles. The fraction of sp³-hybridized carbons (Fsp3) is 0.579. The summed E-state index contributed by atoms with van der Waals surface area (Å²) < 4.78 is 6.94. The molecule has 0 spiro atoms. The fourth-order valence-electron chi connectivity index (χ4n) is 3.80. The van der Waals surface area contributed by atoms with Gasteiger partial charge in [0.05, 0.1) is 22.9 Å². The molecule has 4 rings (SSSR count). The number of ether oxygens (including phenoxy) is 1. The molecule has 2 heterocycles. The lowest BCUT2D eigenvalue weighted by Crippen LogP contribution is -2.41. The van der Waals surface area contributed by atoms with Crippen molar-refractivity contribution >= 4 is 32.6 Å².